The molecule has 0 bridgehead atoms. The van der Waals surface area contributed by atoms with Gasteiger partial charge in [0.2, 0.25) is 0 Å². The molecule has 0 amide bonds. The van der Waals surface area contributed by atoms with Crippen molar-refractivity contribution < 1.29 is 24.1 Å². The van der Waals surface area contributed by atoms with Crippen molar-refractivity contribution in [2.24, 2.45) is 4.99 Å². The first-order chi connectivity index (χ1) is 21.5. The zero-order chi connectivity index (χ0) is 31.1. The molecule has 2 aliphatic heterocycles. The summed E-state index contributed by atoms with van der Waals surface area (Å²) in [6.07, 6.45) is 11.1. The second kappa shape index (κ2) is 17.7. The predicted octanol–water partition coefficient (Wildman–Crippen LogP) is 8.18. The number of fused-ring (bicyclic) bond motifs is 2. The number of amidine groups is 1. The van der Waals surface area contributed by atoms with Gasteiger partial charge in [-0.3, -0.25) is 9.98 Å². The summed E-state index contributed by atoms with van der Waals surface area (Å²) in [7, 11) is 0. The van der Waals surface area contributed by atoms with Crippen LogP contribution in [0.3, 0.4) is 0 Å². The molecule has 0 spiro atoms. The van der Waals surface area contributed by atoms with Crippen LogP contribution in [0.4, 0.5) is 0 Å². The number of thioether (sulfide) groups is 1. The molecule has 3 aromatic rings. The van der Waals surface area contributed by atoms with Crippen LogP contribution >= 0.6 is 11.8 Å². The molecule has 8 nitrogen and oxygen atoms in total. The van der Waals surface area contributed by atoms with Crippen molar-refractivity contribution >= 4 is 33.8 Å². The Bertz CT molecular complexity index is 1370. The fourth-order valence-electron chi connectivity index (χ4n) is 5.30. The molecule has 1 N–H and O–H groups in total. The van der Waals surface area contributed by atoms with Crippen molar-refractivity contribution in [3.8, 4) is 17.2 Å². The standard InChI is InChI=1S/C24H35NO5.C11H12N2S/c1-4-7-8-9-10-11-12-13-14-30-21-15-18-20(16-22(21)28-5-2)25-17-19(23(18)26)24(27)29-6-3;1-2-4-9(5-3-1)10-8-13-6-7-14-11(13)12-10/h15-17H,4-14H2,1-3H3,(H,25,26);1-5,10H,6-8H2/t;10-/m.1/s1. The van der Waals surface area contributed by atoms with E-state index in [0.717, 1.165) is 19.4 Å². The molecule has 44 heavy (non-hydrogen) atoms. The Morgan fingerprint density at radius 2 is 1.68 bits per heavy atom. The number of aromatic hydroxyl groups is 1. The number of nitrogens with zero attached hydrogens (tertiary/aromatic N) is 3. The van der Waals surface area contributed by atoms with E-state index < -0.39 is 5.97 Å². The molecule has 1 saturated heterocycles. The molecule has 5 rings (SSSR count). The van der Waals surface area contributed by atoms with E-state index in [-0.39, 0.29) is 17.9 Å². The highest BCUT2D eigenvalue weighted by molar-refractivity contribution is 8.14. The molecule has 3 heterocycles. The van der Waals surface area contributed by atoms with Gasteiger partial charge >= 0.3 is 5.97 Å². The Hall–Kier alpha value is -3.46. The van der Waals surface area contributed by atoms with Crippen LogP contribution in [0, 0.1) is 0 Å². The highest BCUT2D eigenvalue weighted by Gasteiger charge is 2.29. The minimum Gasteiger partial charge on any atom is -0.506 e. The fourth-order valence-corrected chi connectivity index (χ4v) is 6.35. The average molecular weight is 622 g/mol. The lowest BCUT2D eigenvalue weighted by molar-refractivity contribution is 0.0523. The molecule has 238 valence electrons. The first-order valence-corrected chi connectivity index (χ1v) is 17.1. The summed E-state index contributed by atoms with van der Waals surface area (Å²) in [5.41, 5.74) is 1.92. The number of hydrogen-bond acceptors (Lipinski definition) is 9. The van der Waals surface area contributed by atoms with Crippen molar-refractivity contribution in [3.05, 3.63) is 59.8 Å². The van der Waals surface area contributed by atoms with Gasteiger partial charge in [-0.15, -0.1) is 0 Å². The first-order valence-electron chi connectivity index (χ1n) is 16.1. The van der Waals surface area contributed by atoms with Crippen LogP contribution in [0.1, 0.15) is 94.1 Å². The molecular weight excluding hydrogens is 574 g/mol. The molecule has 0 unspecified atom stereocenters. The SMILES string of the molecule is CCCCCCCCCCOc1cc2c(O)c(C(=O)OCC)cnc2cc1OCC.c1ccc([C@H]2CN3CCSC3=N2)cc1. The molecule has 2 aromatic carbocycles. The minimum atomic E-state index is -0.598. The summed E-state index contributed by atoms with van der Waals surface area (Å²) in [5.74, 6) is 1.59. The van der Waals surface area contributed by atoms with Gasteiger partial charge in [-0.25, -0.2) is 4.79 Å². The van der Waals surface area contributed by atoms with E-state index in [4.69, 9.17) is 19.2 Å². The van der Waals surface area contributed by atoms with E-state index in [0.29, 0.717) is 41.7 Å². The highest BCUT2D eigenvalue weighted by atomic mass is 32.2. The summed E-state index contributed by atoms with van der Waals surface area (Å²) in [6, 6.07) is 14.4. The van der Waals surface area contributed by atoms with Gasteiger partial charge in [-0.1, -0.05) is 94.0 Å². The second-order valence-corrected chi connectivity index (χ2v) is 12.0. The van der Waals surface area contributed by atoms with Gasteiger partial charge in [0, 0.05) is 36.5 Å². The first kappa shape index (κ1) is 33.4. The molecule has 0 saturated carbocycles. The van der Waals surface area contributed by atoms with Crippen molar-refractivity contribution in [2.45, 2.75) is 78.2 Å². The Kier molecular flexibility index (Phi) is 13.5. The monoisotopic (exact) mass is 621 g/mol. The van der Waals surface area contributed by atoms with Gasteiger partial charge in [0.1, 0.15) is 11.3 Å². The van der Waals surface area contributed by atoms with Gasteiger partial charge < -0.3 is 24.2 Å². The largest absolute Gasteiger partial charge is 0.506 e. The number of pyridine rings is 1. The Balaban J connectivity index is 0.000000258. The molecule has 9 heteroatoms. The summed E-state index contributed by atoms with van der Waals surface area (Å²) >= 11 is 1.89. The number of ether oxygens (including phenoxy) is 3. The van der Waals surface area contributed by atoms with E-state index in [1.54, 1.807) is 19.1 Å². The molecule has 0 radical (unpaired) electrons. The fraction of sp³-hybridized carbons (Fsp3) is 0.514. The van der Waals surface area contributed by atoms with E-state index >= 15 is 0 Å². The van der Waals surface area contributed by atoms with Crippen molar-refractivity contribution in [3.63, 3.8) is 0 Å². The lowest BCUT2D eigenvalue weighted by Gasteiger charge is -2.14. The van der Waals surface area contributed by atoms with Crippen molar-refractivity contribution in [1.29, 1.82) is 0 Å². The predicted molar refractivity (Wildman–Crippen MR) is 179 cm³/mol. The van der Waals surface area contributed by atoms with Gasteiger partial charge in [-0.05, 0) is 31.9 Å². The van der Waals surface area contributed by atoms with Crippen LogP contribution in [0.15, 0.2) is 53.7 Å². The van der Waals surface area contributed by atoms with Crippen molar-refractivity contribution in [2.75, 3.05) is 38.7 Å². The van der Waals surface area contributed by atoms with Crippen molar-refractivity contribution in [1.82, 2.24) is 9.88 Å². The van der Waals surface area contributed by atoms with Crippen LogP contribution in [0.2, 0.25) is 0 Å². The van der Waals surface area contributed by atoms with E-state index in [2.05, 4.69) is 47.1 Å². The van der Waals surface area contributed by atoms with Crippen LogP contribution in [-0.2, 0) is 4.74 Å². The normalized spacial score (nSPS) is 15.4. The summed E-state index contributed by atoms with van der Waals surface area (Å²) < 4.78 is 16.7. The third-order valence-electron chi connectivity index (χ3n) is 7.66. The van der Waals surface area contributed by atoms with E-state index in [9.17, 15) is 9.90 Å². The number of carbonyl (C=O) groups excluding carboxylic acids is 1. The molecule has 0 aliphatic carbocycles. The molecule has 1 aromatic heterocycles. The maximum absolute atomic E-state index is 12.0. The quantitative estimate of drug-likeness (QED) is 0.134. The molecule has 1 fully saturated rings. The van der Waals surface area contributed by atoms with Crippen LogP contribution in [0.5, 0.6) is 17.2 Å². The molecular formula is C35H47N3O5S. The third kappa shape index (κ3) is 9.27. The Morgan fingerprint density at radius 3 is 2.39 bits per heavy atom. The number of rotatable bonds is 15. The average Bonchev–Trinajstić information content (AvgIpc) is 3.65. The number of unbranched alkanes of at least 4 members (excludes halogenated alkanes) is 7. The molecule has 2 aliphatic rings. The topological polar surface area (TPSA) is 93.5 Å². The highest BCUT2D eigenvalue weighted by Crippen LogP contribution is 2.37. The summed E-state index contributed by atoms with van der Waals surface area (Å²) in [6.45, 7) is 9.40. The van der Waals surface area contributed by atoms with Crippen LogP contribution in [0.25, 0.3) is 10.9 Å². The van der Waals surface area contributed by atoms with E-state index in [1.165, 1.54) is 67.8 Å². The number of carbonyl (C=O) groups is 1. The number of esters is 1. The Labute approximate surface area is 266 Å². The number of aliphatic imine (C=N–C) groups is 1. The summed E-state index contributed by atoms with van der Waals surface area (Å²) in [4.78, 5) is 23.4. The smallest absolute Gasteiger partial charge is 0.343 e. The van der Waals surface area contributed by atoms with E-state index in [1.807, 2.05) is 18.7 Å². The maximum Gasteiger partial charge on any atom is 0.343 e. The number of aromatic nitrogens is 1. The lowest BCUT2D eigenvalue weighted by atomic mass is 10.1. The lowest BCUT2D eigenvalue weighted by Crippen LogP contribution is -2.21. The van der Waals surface area contributed by atoms with Gasteiger partial charge in [0.15, 0.2) is 16.7 Å². The zero-order valence-electron chi connectivity index (χ0n) is 26.4. The van der Waals surface area contributed by atoms with Crippen LogP contribution in [-0.4, -0.2) is 64.8 Å². The van der Waals surface area contributed by atoms with Gasteiger partial charge in [-0.2, -0.15) is 0 Å². The second-order valence-electron chi connectivity index (χ2n) is 10.9. The third-order valence-corrected chi connectivity index (χ3v) is 8.67. The van der Waals surface area contributed by atoms with Gasteiger partial charge in [0.05, 0.1) is 31.4 Å². The van der Waals surface area contributed by atoms with Gasteiger partial charge in [0.25, 0.3) is 0 Å². The minimum absolute atomic E-state index is 0.0440. The number of benzene rings is 2. The Morgan fingerprint density at radius 1 is 0.955 bits per heavy atom. The van der Waals surface area contributed by atoms with Crippen LogP contribution < -0.4 is 9.47 Å². The summed E-state index contributed by atoms with van der Waals surface area (Å²) in [5, 5.41) is 12.3. The molecule has 1 atom stereocenters. The number of hydrogen-bond donors (Lipinski definition) is 1. The maximum atomic E-state index is 12.0. The zero-order valence-corrected chi connectivity index (χ0v) is 27.2.